The van der Waals surface area contributed by atoms with Crippen LogP contribution in [-0.4, -0.2) is 59.8 Å². The Morgan fingerprint density at radius 2 is 0.452 bits per heavy atom. The van der Waals surface area contributed by atoms with Crippen LogP contribution in [0.15, 0.2) is 413 Å². The Bertz CT molecular complexity index is 8270. The van der Waals surface area contributed by atoms with Crippen molar-refractivity contribution in [2.24, 2.45) is 0 Å². The van der Waals surface area contributed by atoms with Gasteiger partial charge in [0.2, 0.25) is 0 Å². The molecule has 0 spiro atoms. The molecule has 12 nitrogen and oxygen atoms in total. The first-order valence-corrected chi connectivity index (χ1v) is 41.3. The molecule has 24 aromatic rings. The molecule has 0 saturated heterocycles. The average molecular weight is 1580 g/mol. The van der Waals surface area contributed by atoms with Crippen molar-refractivity contribution in [1.29, 1.82) is 0 Å². The highest BCUT2D eigenvalue weighted by molar-refractivity contribution is 6.08. The molecule has 0 saturated carbocycles. The van der Waals surface area contributed by atoms with E-state index >= 15 is 0 Å². The lowest BCUT2D eigenvalue weighted by molar-refractivity contribution is 1.17. The molecule has 0 N–H and O–H groups in total. The normalized spacial score (nSPS) is 11.5. The SMILES string of the molecule is c1ccc(-c2cc(-c3ccc4ccc(-c5ccc6nc(-c7ccc(-c8ccc9ccc%10cccnc%10c9n8)c8ccccc78)ccc6c5)cc4n3)nc(-c3ccccc3)n2)cc1.c1ccc(-c2cc(-c3ccc4ccc(-c5ccc6nc(-c7ccc8cc(-c9ccc%10ccc%11cccnc%11c%10n9)ccc8c7)ccc6c5)cc4n3)nc(-c3ccccc3)n2)cc1. The van der Waals surface area contributed by atoms with E-state index in [0.717, 1.165) is 232 Å². The fourth-order valence-electron chi connectivity index (χ4n) is 17.0. The van der Waals surface area contributed by atoms with Crippen LogP contribution in [0.3, 0.4) is 0 Å². The second-order valence-electron chi connectivity index (χ2n) is 31.1. The molecule has 14 aromatic carbocycles. The third kappa shape index (κ3) is 13.8. The van der Waals surface area contributed by atoms with Crippen LogP contribution in [0.25, 0.3) is 244 Å². The summed E-state index contributed by atoms with van der Waals surface area (Å²) in [6.07, 6.45) is 3.66. The Kier molecular flexibility index (Phi) is 17.9. The van der Waals surface area contributed by atoms with Gasteiger partial charge in [-0.3, -0.25) is 9.97 Å². The molecule has 0 atom stereocenters. The van der Waals surface area contributed by atoms with Crippen LogP contribution in [-0.2, 0) is 0 Å². The molecule has 0 fully saturated rings. The molecule has 12 heteroatoms. The van der Waals surface area contributed by atoms with E-state index < -0.39 is 0 Å². The van der Waals surface area contributed by atoms with E-state index in [9.17, 15) is 0 Å². The molecule has 0 unspecified atom stereocenters. The molecule has 0 aliphatic carbocycles. The number of aromatic nitrogens is 12. The minimum atomic E-state index is 0.668. The van der Waals surface area contributed by atoms with Gasteiger partial charge in [0.05, 0.1) is 101 Å². The molecule has 0 aliphatic heterocycles. The first-order valence-electron chi connectivity index (χ1n) is 41.3. The lowest BCUT2D eigenvalue weighted by Crippen LogP contribution is -1.97. The topological polar surface area (TPSA) is 155 Å². The Labute approximate surface area is 712 Å². The van der Waals surface area contributed by atoms with Crippen LogP contribution < -0.4 is 0 Å². The highest BCUT2D eigenvalue weighted by Gasteiger charge is 2.20. The zero-order valence-electron chi connectivity index (χ0n) is 66.6. The van der Waals surface area contributed by atoms with E-state index in [0.29, 0.717) is 11.6 Å². The first kappa shape index (κ1) is 72.3. The predicted molar refractivity (Wildman–Crippen MR) is 507 cm³/mol. The van der Waals surface area contributed by atoms with Gasteiger partial charge < -0.3 is 0 Å². The molecule has 24 rings (SSSR count). The zero-order chi connectivity index (χ0) is 82.0. The van der Waals surface area contributed by atoms with Crippen molar-refractivity contribution in [2.45, 2.75) is 0 Å². The first-order chi connectivity index (χ1) is 61.3. The van der Waals surface area contributed by atoms with Crippen LogP contribution in [0, 0.1) is 0 Å². The third-order valence-corrected chi connectivity index (χ3v) is 23.4. The van der Waals surface area contributed by atoms with Crippen molar-refractivity contribution in [3.8, 4) is 135 Å². The van der Waals surface area contributed by atoms with Crippen molar-refractivity contribution in [1.82, 2.24) is 59.8 Å². The molecular formula is C112H68N12. The number of fused-ring (bicyclic) bond motifs is 12. The van der Waals surface area contributed by atoms with E-state index in [4.69, 9.17) is 49.8 Å². The van der Waals surface area contributed by atoms with Crippen LogP contribution in [0.1, 0.15) is 0 Å². The summed E-state index contributed by atoms with van der Waals surface area (Å²) in [7, 11) is 0. The summed E-state index contributed by atoms with van der Waals surface area (Å²) >= 11 is 0. The summed E-state index contributed by atoms with van der Waals surface area (Å²) in [5.74, 6) is 1.34. The zero-order valence-corrected chi connectivity index (χ0v) is 66.6. The maximum atomic E-state index is 5.21. The van der Waals surface area contributed by atoms with Crippen LogP contribution in [0.5, 0.6) is 0 Å². The number of rotatable bonds is 12. The van der Waals surface area contributed by atoms with Gasteiger partial charge in [0, 0.05) is 100.0 Å². The summed E-state index contributed by atoms with van der Waals surface area (Å²) in [5.41, 5.74) is 28.6. The van der Waals surface area contributed by atoms with E-state index in [1.807, 2.05) is 146 Å². The largest absolute Gasteiger partial charge is 0.254 e. The predicted octanol–water partition coefficient (Wildman–Crippen LogP) is 27.6. The summed E-state index contributed by atoms with van der Waals surface area (Å²) in [6, 6.07) is 138. The van der Waals surface area contributed by atoms with E-state index in [2.05, 4.69) is 277 Å². The highest BCUT2D eigenvalue weighted by Crippen LogP contribution is 2.41. The molecule has 0 amide bonds. The average Bonchev–Trinajstić information content (AvgIpc) is 0.834. The second-order valence-corrected chi connectivity index (χ2v) is 31.1. The van der Waals surface area contributed by atoms with Gasteiger partial charge in [-0.1, -0.05) is 291 Å². The molecule has 576 valence electrons. The molecular weight excluding hydrogens is 1510 g/mol. The smallest absolute Gasteiger partial charge is 0.160 e. The van der Waals surface area contributed by atoms with E-state index in [1.54, 1.807) is 0 Å². The fraction of sp³-hybridized carbons (Fsp3) is 0. The van der Waals surface area contributed by atoms with Gasteiger partial charge in [0.25, 0.3) is 0 Å². The van der Waals surface area contributed by atoms with Gasteiger partial charge in [-0.25, -0.2) is 49.8 Å². The van der Waals surface area contributed by atoms with Gasteiger partial charge >= 0.3 is 0 Å². The van der Waals surface area contributed by atoms with Gasteiger partial charge in [0.15, 0.2) is 11.6 Å². The van der Waals surface area contributed by atoms with Gasteiger partial charge in [-0.2, -0.15) is 0 Å². The molecule has 124 heavy (non-hydrogen) atoms. The maximum absolute atomic E-state index is 5.21. The number of nitrogens with zero attached hydrogens (tertiary/aromatic N) is 12. The number of hydrogen-bond acceptors (Lipinski definition) is 12. The Balaban J connectivity index is 0.000000143. The maximum Gasteiger partial charge on any atom is 0.160 e. The van der Waals surface area contributed by atoms with Crippen molar-refractivity contribution in [3.63, 3.8) is 0 Å². The van der Waals surface area contributed by atoms with E-state index in [-0.39, 0.29) is 0 Å². The van der Waals surface area contributed by atoms with Crippen LogP contribution >= 0.6 is 0 Å². The lowest BCUT2D eigenvalue weighted by Gasteiger charge is -2.13. The molecule has 0 bridgehead atoms. The van der Waals surface area contributed by atoms with Crippen LogP contribution in [0.2, 0.25) is 0 Å². The van der Waals surface area contributed by atoms with Crippen LogP contribution in [0.4, 0.5) is 0 Å². The van der Waals surface area contributed by atoms with Crippen molar-refractivity contribution in [2.75, 3.05) is 0 Å². The Morgan fingerprint density at radius 1 is 0.137 bits per heavy atom. The minimum absolute atomic E-state index is 0.668. The number of benzene rings is 14. The molecule has 0 aliphatic rings. The van der Waals surface area contributed by atoms with Crippen molar-refractivity contribution < 1.29 is 0 Å². The van der Waals surface area contributed by atoms with E-state index in [1.165, 1.54) is 0 Å². The minimum Gasteiger partial charge on any atom is -0.254 e. The summed E-state index contributed by atoms with van der Waals surface area (Å²) in [5, 5.41) is 13.2. The highest BCUT2D eigenvalue weighted by atomic mass is 14.9. The molecule has 10 aromatic heterocycles. The summed E-state index contributed by atoms with van der Waals surface area (Å²) in [6.45, 7) is 0. The molecule has 10 heterocycles. The van der Waals surface area contributed by atoms with Gasteiger partial charge in [0.1, 0.15) is 0 Å². The third-order valence-electron chi connectivity index (χ3n) is 23.4. The standard InChI is InChI=1S/2C56H34N6/c1-3-10-35(11-4-1)52-34-53(62-56(61-52)39-12-5-2-6-13-39)50-30-21-36-17-20-41(33-51(36)59-50)40-23-27-47-42(32-40)24-29-48(58-47)45-25-26-46(44-16-8-7-15-43(44)45)49-28-22-38-19-18-37-14-9-31-57-54(37)55(38)60-49;1-3-8-35(9-4-1)52-34-53(62-56(61-52)39-10-5-2-6-11-39)50-28-21-36-13-16-43(33-51(36)59-50)42-23-26-47-46(32-42)24-27-48(58-47)44-19-17-41-31-45(20-18-40(41)30-44)49-25-22-38-15-14-37-12-7-29-57-54(37)55(38)60-49/h2*1-34H. The van der Waals surface area contributed by atoms with Gasteiger partial charge in [-0.15, -0.1) is 0 Å². The van der Waals surface area contributed by atoms with Crippen molar-refractivity contribution >= 4 is 109 Å². The number of pyridine rings is 8. The van der Waals surface area contributed by atoms with Gasteiger partial charge in [-0.05, 0) is 153 Å². The Morgan fingerprint density at radius 3 is 0.927 bits per heavy atom. The quantitative estimate of drug-likeness (QED) is 0.107. The Hall–Kier alpha value is -17.0. The summed E-state index contributed by atoms with van der Waals surface area (Å²) in [4.78, 5) is 60.2. The summed E-state index contributed by atoms with van der Waals surface area (Å²) < 4.78 is 0. The number of hydrogen-bond donors (Lipinski definition) is 0. The second kappa shape index (κ2) is 30.8. The lowest BCUT2D eigenvalue weighted by atomic mass is 9.95. The monoisotopic (exact) mass is 1580 g/mol. The van der Waals surface area contributed by atoms with Crippen molar-refractivity contribution in [3.05, 3.63) is 413 Å². The molecule has 0 radical (unpaired) electrons. The fourth-order valence-corrected chi connectivity index (χ4v) is 17.0.